The van der Waals surface area contributed by atoms with E-state index in [0.29, 0.717) is 16.6 Å². The number of benzene rings is 2. The molecule has 0 spiro atoms. The third-order valence-corrected chi connectivity index (χ3v) is 7.51. The van der Waals surface area contributed by atoms with Crippen molar-refractivity contribution in [1.82, 2.24) is 5.32 Å². The van der Waals surface area contributed by atoms with Crippen LogP contribution in [0.2, 0.25) is 5.02 Å². The number of carbonyl (C=O) groups is 1. The molecular weight excluding hydrogens is 461 g/mol. The smallest absolute Gasteiger partial charge is 0.217 e. The van der Waals surface area contributed by atoms with Gasteiger partial charge in [-0.3, -0.25) is 9.79 Å². The Morgan fingerprint density at radius 2 is 2.06 bits per heavy atom. The highest BCUT2D eigenvalue weighted by atomic mass is 35.5. The lowest BCUT2D eigenvalue weighted by atomic mass is 9.65. The fourth-order valence-corrected chi connectivity index (χ4v) is 5.47. The molecule has 35 heavy (non-hydrogen) atoms. The molecule has 0 aromatic heterocycles. The minimum Gasteiger partial charge on any atom is -0.343 e. The largest absolute Gasteiger partial charge is 0.343 e. The molecule has 0 saturated heterocycles. The summed E-state index contributed by atoms with van der Waals surface area (Å²) in [6.45, 7) is 3.77. The summed E-state index contributed by atoms with van der Waals surface area (Å²) in [5, 5.41) is 11.7. The maximum atomic E-state index is 13.3. The highest BCUT2D eigenvalue weighted by Gasteiger charge is 2.47. The van der Waals surface area contributed by atoms with E-state index in [9.17, 15) is 9.18 Å². The van der Waals surface area contributed by atoms with Crippen LogP contribution in [0.1, 0.15) is 45.1 Å². The van der Waals surface area contributed by atoms with Gasteiger partial charge in [-0.2, -0.15) is 0 Å². The molecule has 4 atom stereocenters. The van der Waals surface area contributed by atoms with Crippen molar-refractivity contribution in [2.45, 2.75) is 45.6 Å². The molecular formula is C29H29ClFN3O. The fourth-order valence-electron chi connectivity index (χ4n) is 5.29. The molecule has 2 aromatic carbocycles. The number of amides is 1. The summed E-state index contributed by atoms with van der Waals surface area (Å²) < 4.78 is 13.3. The predicted octanol–water partition coefficient (Wildman–Crippen LogP) is 6.51. The summed E-state index contributed by atoms with van der Waals surface area (Å²) in [5.74, 6) is 6.15. The number of allylic oxidation sites excluding steroid dienone is 2. The zero-order valence-corrected chi connectivity index (χ0v) is 20.7. The van der Waals surface area contributed by atoms with Crippen LogP contribution in [0.4, 0.5) is 10.1 Å². The molecule has 0 aliphatic heterocycles. The van der Waals surface area contributed by atoms with Crippen molar-refractivity contribution in [2.24, 2.45) is 22.2 Å². The van der Waals surface area contributed by atoms with E-state index in [1.54, 1.807) is 18.2 Å². The van der Waals surface area contributed by atoms with Crippen LogP contribution in [0.15, 0.2) is 65.2 Å². The summed E-state index contributed by atoms with van der Waals surface area (Å²) in [5.41, 5.74) is 3.49. The number of halogens is 2. The lowest BCUT2D eigenvalue weighted by molar-refractivity contribution is -0.119. The molecule has 2 N–H and O–H groups in total. The van der Waals surface area contributed by atoms with Gasteiger partial charge in [0, 0.05) is 30.3 Å². The first kappa shape index (κ1) is 24.9. The van der Waals surface area contributed by atoms with Crippen molar-refractivity contribution < 1.29 is 9.18 Å². The van der Waals surface area contributed by atoms with Crippen LogP contribution in [-0.4, -0.2) is 23.9 Å². The van der Waals surface area contributed by atoms with Gasteiger partial charge < -0.3 is 10.7 Å². The molecule has 6 heteroatoms. The average Bonchev–Trinajstić information content (AvgIpc) is 3.14. The zero-order valence-electron chi connectivity index (χ0n) is 19.9. The van der Waals surface area contributed by atoms with Gasteiger partial charge in [-0.1, -0.05) is 48.1 Å². The first-order valence-corrected chi connectivity index (χ1v) is 12.3. The van der Waals surface area contributed by atoms with Crippen LogP contribution in [-0.2, 0) is 4.79 Å². The van der Waals surface area contributed by atoms with E-state index in [2.05, 4.69) is 30.2 Å². The quantitative estimate of drug-likeness (QED) is 0.365. The Morgan fingerprint density at radius 1 is 1.31 bits per heavy atom. The van der Waals surface area contributed by atoms with Gasteiger partial charge in [0.2, 0.25) is 5.91 Å². The summed E-state index contributed by atoms with van der Waals surface area (Å²) in [6, 6.07) is 13.2. The minimum atomic E-state index is -0.294. The Bertz CT molecular complexity index is 1240. The molecule has 180 valence electrons. The van der Waals surface area contributed by atoms with Gasteiger partial charge in [0.25, 0.3) is 0 Å². The second kappa shape index (κ2) is 10.6. The van der Waals surface area contributed by atoms with E-state index < -0.39 is 0 Å². The lowest BCUT2D eigenvalue weighted by Gasteiger charge is -2.39. The molecule has 0 heterocycles. The van der Waals surface area contributed by atoms with Crippen molar-refractivity contribution in [1.29, 1.82) is 5.41 Å². The Balaban J connectivity index is 1.59. The molecule has 2 aliphatic carbocycles. The summed E-state index contributed by atoms with van der Waals surface area (Å²) in [7, 11) is 0. The molecule has 0 radical (unpaired) electrons. The molecule has 2 aromatic rings. The standard InChI is InChI=1S/C29H29ClFN3O/c1-19(35)33-26(12-7-20-5-3-4-6-27(20)30)15-22-8-9-23-16-28(21(18-32)17-29(22,23)2)34-25-13-10-24(31)11-14-25/h3-6,10-11,13-14,16,18,21-22,26,32H,8-9,15,17H2,1-2H3,(H,33,35). The number of aliphatic imine (C=N–C) groups is 1. The molecule has 0 bridgehead atoms. The van der Waals surface area contributed by atoms with E-state index >= 15 is 0 Å². The normalized spacial score (nSPS) is 25.1. The highest BCUT2D eigenvalue weighted by Crippen LogP contribution is 2.55. The molecule has 4 unspecified atom stereocenters. The Labute approximate surface area is 211 Å². The lowest BCUT2D eigenvalue weighted by Crippen LogP contribution is -2.39. The first-order valence-electron chi connectivity index (χ1n) is 11.9. The fraction of sp³-hybridized carbons (Fsp3) is 0.345. The number of fused-ring (bicyclic) bond motifs is 1. The molecule has 1 saturated carbocycles. The van der Waals surface area contributed by atoms with Gasteiger partial charge in [0.15, 0.2) is 0 Å². The van der Waals surface area contributed by atoms with Crippen molar-refractivity contribution in [3.8, 4) is 11.8 Å². The maximum absolute atomic E-state index is 13.3. The summed E-state index contributed by atoms with van der Waals surface area (Å²) in [4.78, 5) is 16.6. The predicted molar refractivity (Wildman–Crippen MR) is 140 cm³/mol. The van der Waals surface area contributed by atoms with Gasteiger partial charge in [0.1, 0.15) is 5.82 Å². The first-order chi connectivity index (χ1) is 16.8. The van der Waals surface area contributed by atoms with Crippen LogP contribution in [0.25, 0.3) is 0 Å². The Hall–Kier alpha value is -3.23. The van der Waals surface area contributed by atoms with Crippen molar-refractivity contribution in [3.63, 3.8) is 0 Å². The Kier molecular flexibility index (Phi) is 7.52. The van der Waals surface area contributed by atoms with E-state index in [1.165, 1.54) is 30.8 Å². The number of rotatable bonds is 5. The third kappa shape index (κ3) is 5.71. The summed E-state index contributed by atoms with van der Waals surface area (Å²) >= 11 is 6.26. The molecule has 4 nitrogen and oxygen atoms in total. The van der Waals surface area contributed by atoms with E-state index in [1.807, 2.05) is 18.2 Å². The number of nitrogens with one attached hydrogen (secondary N) is 2. The van der Waals surface area contributed by atoms with E-state index in [-0.39, 0.29) is 29.1 Å². The molecule has 4 rings (SSSR count). The second-order valence-electron chi connectivity index (χ2n) is 9.55. The van der Waals surface area contributed by atoms with Crippen molar-refractivity contribution >= 4 is 35.1 Å². The maximum Gasteiger partial charge on any atom is 0.217 e. The van der Waals surface area contributed by atoms with Crippen LogP contribution in [0.5, 0.6) is 0 Å². The van der Waals surface area contributed by atoms with Gasteiger partial charge >= 0.3 is 0 Å². The van der Waals surface area contributed by atoms with Gasteiger partial charge in [-0.05, 0) is 79.5 Å². The minimum absolute atomic E-state index is 0.104. The van der Waals surface area contributed by atoms with Crippen molar-refractivity contribution in [2.75, 3.05) is 0 Å². The number of hydrogen-bond acceptors (Lipinski definition) is 3. The van der Waals surface area contributed by atoms with Crippen LogP contribution in [0.3, 0.4) is 0 Å². The van der Waals surface area contributed by atoms with Gasteiger partial charge in [-0.15, -0.1) is 0 Å². The summed E-state index contributed by atoms with van der Waals surface area (Å²) in [6.07, 6.45) is 7.02. The zero-order chi connectivity index (χ0) is 25.0. The monoisotopic (exact) mass is 489 g/mol. The van der Waals surface area contributed by atoms with Crippen LogP contribution >= 0.6 is 11.6 Å². The number of nitrogens with zero attached hydrogens (tertiary/aromatic N) is 1. The van der Waals surface area contributed by atoms with Gasteiger partial charge in [0.05, 0.1) is 16.8 Å². The van der Waals surface area contributed by atoms with Gasteiger partial charge in [-0.25, -0.2) is 4.39 Å². The topological polar surface area (TPSA) is 65.3 Å². The van der Waals surface area contributed by atoms with Crippen LogP contribution in [0, 0.1) is 40.3 Å². The van der Waals surface area contributed by atoms with Crippen LogP contribution < -0.4 is 5.32 Å². The molecule has 1 fully saturated rings. The Morgan fingerprint density at radius 3 is 2.74 bits per heavy atom. The second-order valence-corrected chi connectivity index (χ2v) is 9.96. The average molecular weight is 490 g/mol. The van der Waals surface area contributed by atoms with E-state index in [0.717, 1.165) is 37.0 Å². The molecule has 1 amide bonds. The molecule has 2 aliphatic rings. The number of hydrogen-bond donors (Lipinski definition) is 2. The third-order valence-electron chi connectivity index (χ3n) is 7.18. The number of carbonyl (C=O) groups excluding carboxylic acids is 1. The highest BCUT2D eigenvalue weighted by molar-refractivity contribution is 6.31. The van der Waals surface area contributed by atoms with E-state index in [4.69, 9.17) is 22.0 Å². The SMILES string of the molecule is CC(=O)NC(C#Cc1ccccc1Cl)CC1CCC2=CC(=Nc3ccc(F)cc3)C(C=N)CC21C. The van der Waals surface area contributed by atoms with Crippen molar-refractivity contribution in [3.05, 3.63) is 76.6 Å².